The molecule has 4 aromatic heterocycles. The van der Waals surface area contributed by atoms with Crippen LogP contribution in [0.3, 0.4) is 0 Å². The Balaban J connectivity index is 0.000000169. The molecule has 122 heavy (non-hydrogen) atoms. The Morgan fingerprint density at radius 1 is 0.459 bits per heavy atom. The molecule has 1 aliphatic carbocycles. The standard InChI is InChI=1S/C30H24N2O4.C27H32N2O7.C18H18BrNO2.C13H11N.C8H14O4.C2H6/c33-29(34)28(16-18-13-14-27-24(15-18)23-11-5-6-12-26(23)31-27)32-30(35)36-17-25-21-9-3-1-7-19(21)20-8-2-4-10-22(20)25;1-7-34-23(31)27(28-17(3)30,24(32)35-8-2)16-18-13-14-22-20(15-18)19-11-9-10-12-21(19)29(22)25(33)36-26(4,5)6;1-18(2,3)22-17(21)20-15-7-5-4-6-13(15)14-10-12(11-19)8-9-16(14)20;1-9-6-7-13-11(8-9)10-4-2-3-5-12(10)14-13;1-4-11-7(9)6(3)8(10)12-5-2;1-2/h1-15,25,28,31H,16-17H2,(H,32,35)(H,33,34);9-15H,7-8,16H2,1-6H3,(H,28,30);4-10H,11H2,1-3H3;2-8,14H,1H3;6H,4-5H2,1-3H3;1-2H3. The van der Waals surface area contributed by atoms with Crippen molar-refractivity contribution in [3.8, 4) is 11.1 Å². The number of fused-ring (bicyclic) bond motifs is 15. The van der Waals surface area contributed by atoms with Crippen LogP contribution in [-0.2, 0) is 80.1 Å². The van der Waals surface area contributed by atoms with E-state index in [1.165, 1.54) is 51.3 Å². The van der Waals surface area contributed by atoms with Gasteiger partial charge in [-0.05, 0) is 195 Å². The highest BCUT2D eigenvalue weighted by Crippen LogP contribution is 2.45. The lowest BCUT2D eigenvalue weighted by Gasteiger charge is -2.29. The summed E-state index contributed by atoms with van der Waals surface area (Å²) in [5, 5.41) is 24.0. The molecule has 0 spiro atoms. The second-order valence-corrected chi connectivity index (χ2v) is 31.3. The number of hydrogen-bond acceptors (Lipinski definition) is 16. The Bertz CT molecular complexity index is 6070. The van der Waals surface area contributed by atoms with Gasteiger partial charge in [0.15, 0.2) is 5.92 Å². The Morgan fingerprint density at radius 2 is 0.852 bits per heavy atom. The van der Waals surface area contributed by atoms with Gasteiger partial charge < -0.3 is 58.9 Å². The normalized spacial score (nSPS) is 11.9. The smallest absolute Gasteiger partial charge is 0.419 e. The highest BCUT2D eigenvalue weighted by molar-refractivity contribution is 9.08. The van der Waals surface area contributed by atoms with Gasteiger partial charge in [0.25, 0.3) is 0 Å². The second-order valence-electron chi connectivity index (χ2n) is 30.8. The predicted molar refractivity (Wildman–Crippen MR) is 482 cm³/mol. The SMILES string of the molecule is CC.CC(C)(C)OC(=O)n1c2ccccc2c2cc(CBr)ccc21.CCOC(=O)C(C)C(=O)OCC.CCOC(=O)C(Cc1ccc2c(c1)c1ccccc1n2C(=O)OC(C)(C)C)(NC(C)=O)C(=O)OCC.Cc1ccc2[nH]c3ccccc3c2c1.O=C(NC(Cc1ccc2[nH]c3ccccc3c2c1)C(=O)O)OCC1c2ccccc2-c2ccccc21. The van der Waals surface area contributed by atoms with Crippen molar-refractivity contribution in [1.82, 2.24) is 29.7 Å². The maximum absolute atomic E-state index is 13.1. The van der Waals surface area contributed by atoms with E-state index < -0.39 is 76.6 Å². The molecule has 2 amide bonds. The number of carboxylic acids is 1. The number of H-pyrrole nitrogens is 2. The second kappa shape index (κ2) is 40.8. The van der Waals surface area contributed by atoms with E-state index in [9.17, 15) is 48.3 Å². The number of amides is 2. The molecule has 0 radical (unpaired) electrons. The lowest BCUT2D eigenvalue weighted by molar-refractivity contribution is -0.168. The van der Waals surface area contributed by atoms with Crippen LogP contribution in [0.5, 0.6) is 0 Å². The molecular formula is C98H105BrN6O17. The fourth-order valence-corrected chi connectivity index (χ4v) is 14.9. The quantitative estimate of drug-likeness (QED) is 0.0231. The Hall–Kier alpha value is -13.1. The van der Waals surface area contributed by atoms with Crippen LogP contribution in [0.15, 0.2) is 218 Å². The van der Waals surface area contributed by atoms with Gasteiger partial charge in [-0.1, -0.05) is 181 Å². The minimum atomic E-state index is -2.06. The van der Waals surface area contributed by atoms with Crippen molar-refractivity contribution in [3.05, 3.63) is 252 Å². The van der Waals surface area contributed by atoms with Gasteiger partial charge in [-0.15, -0.1) is 0 Å². The molecule has 0 saturated carbocycles. The van der Waals surface area contributed by atoms with Crippen LogP contribution in [0.1, 0.15) is 136 Å². The molecule has 0 saturated heterocycles. The molecular weight excluding hydrogens is 1610 g/mol. The largest absolute Gasteiger partial charge is 0.480 e. The number of para-hydroxylation sites is 4. The van der Waals surface area contributed by atoms with Gasteiger partial charge in [-0.2, -0.15) is 0 Å². The van der Waals surface area contributed by atoms with Crippen LogP contribution in [0.25, 0.3) is 98.4 Å². The van der Waals surface area contributed by atoms with Crippen molar-refractivity contribution < 1.29 is 81.4 Å². The number of alkyl halides is 1. The summed E-state index contributed by atoms with van der Waals surface area (Å²) in [4.78, 5) is 117. The summed E-state index contributed by atoms with van der Waals surface area (Å²) in [7, 11) is 0. The summed E-state index contributed by atoms with van der Waals surface area (Å²) in [6.45, 7) is 27.1. The molecule has 0 aliphatic heterocycles. The summed E-state index contributed by atoms with van der Waals surface area (Å²) >= 11 is 3.48. The van der Waals surface area contributed by atoms with E-state index in [1.54, 1.807) is 71.2 Å². The van der Waals surface area contributed by atoms with E-state index >= 15 is 0 Å². The number of halogens is 1. The summed E-state index contributed by atoms with van der Waals surface area (Å²) in [5.41, 5.74) is 12.5. The number of hydrogen-bond donors (Lipinski definition) is 5. The molecule has 5 N–H and O–H groups in total. The number of aromatic nitrogens is 4. The topological polar surface area (TPSA) is 304 Å². The highest BCUT2D eigenvalue weighted by Gasteiger charge is 2.50. The number of carbonyl (C=O) groups is 9. The number of aryl methyl sites for hydroxylation is 1. The van der Waals surface area contributed by atoms with Gasteiger partial charge in [-0.25, -0.2) is 37.9 Å². The number of esters is 4. The molecule has 0 fully saturated rings. The van der Waals surface area contributed by atoms with E-state index in [4.69, 9.17) is 23.7 Å². The monoisotopic (exact) mass is 1720 g/mol. The van der Waals surface area contributed by atoms with E-state index in [0.29, 0.717) is 16.6 Å². The molecule has 23 nitrogen and oxygen atoms in total. The van der Waals surface area contributed by atoms with Gasteiger partial charge in [0, 0.05) is 96.2 Å². The zero-order valence-electron chi connectivity index (χ0n) is 71.4. The molecule has 14 aromatic rings. The Kier molecular flexibility index (Phi) is 30.5. The lowest BCUT2D eigenvalue weighted by Crippen LogP contribution is -2.62. The van der Waals surface area contributed by atoms with Crippen molar-refractivity contribution in [2.75, 3.05) is 33.0 Å². The summed E-state index contributed by atoms with van der Waals surface area (Å²) in [6.07, 6.45) is -1.66. The first kappa shape index (κ1) is 91.2. The van der Waals surface area contributed by atoms with Crippen molar-refractivity contribution in [3.63, 3.8) is 0 Å². The number of carbonyl (C=O) groups excluding carboxylic acids is 8. The predicted octanol–water partition coefficient (Wildman–Crippen LogP) is 20.9. The number of nitrogens with zero attached hydrogens (tertiary/aromatic N) is 2. The zero-order valence-corrected chi connectivity index (χ0v) is 73.0. The fraction of sp³-hybridized carbons (Fsp3) is 0.296. The first-order chi connectivity index (χ1) is 58.4. The van der Waals surface area contributed by atoms with E-state index in [0.717, 1.165) is 87.5 Å². The third kappa shape index (κ3) is 21.5. The van der Waals surface area contributed by atoms with Gasteiger partial charge in [0.2, 0.25) is 11.4 Å². The zero-order chi connectivity index (χ0) is 88.3. The first-order valence-corrected chi connectivity index (χ1v) is 41.9. The maximum atomic E-state index is 13.1. The fourth-order valence-electron chi connectivity index (χ4n) is 14.6. The molecule has 1 atom stereocenters. The number of rotatable bonds is 18. The summed E-state index contributed by atoms with van der Waals surface area (Å²) in [6, 6.07) is 70.4. The highest BCUT2D eigenvalue weighted by atomic mass is 79.9. The van der Waals surface area contributed by atoms with Gasteiger partial charge >= 0.3 is 48.1 Å². The van der Waals surface area contributed by atoms with Crippen molar-refractivity contribution in [2.24, 2.45) is 5.92 Å². The summed E-state index contributed by atoms with van der Waals surface area (Å²) in [5.74, 6) is -5.47. The van der Waals surface area contributed by atoms with Gasteiger partial charge in [-0.3, -0.25) is 14.4 Å². The number of aromatic amines is 2. The van der Waals surface area contributed by atoms with Crippen molar-refractivity contribution in [2.45, 2.75) is 151 Å². The molecule has 15 rings (SSSR count). The van der Waals surface area contributed by atoms with Crippen LogP contribution in [0, 0.1) is 12.8 Å². The number of benzene rings is 10. The van der Waals surface area contributed by atoms with E-state index in [-0.39, 0.29) is 57.9 Å². The molecule has 10 aromatic carbocycles. The third-order valence-electron chi connectivity index (χ3n) is 19.8. The van der Waals surface area contributed by atoms with Crippen LogP contribution < -0.4 is 10.6 Å². The van der Waals surface area contributed by atoms with E-state index in [2.05, 4.69) is 114 Å². The molecule has 1 aliphatic rings. The molecule has 1 unspecified atom stereocenters. The third-order valence-corrected chi connectivity index (χ3v) is 20.4. The van der Waals surface area contributed by atoms with Crippen LogP contribution in [-0.4, -0.2) is 134 Å². The van der Waals surface area contributed by atoms with Crippen LogP contribution >= 0.6 is 15.9 Å². The van der Waals surface area contributed by atoms with Crippen LogP contribution in [0.4, 0.5) is 14.4 Å². The molecule has 0 bridgehead atoms. The van der Waals surface area contributed by atoms with E-state index in [1.807, 2.05) is 174 Å². The summed E-state index contributed by atoms with van der Waals surface area (Å²) < 4.78 is 39.5. The van der Waals surface area contributed by atoms with Gasteiger partial charge in [0.1, 0.15) is 23.9 Å². The van der Waals surface area contributed by atoms with Crippen molar-refractivity contribution in [1.29, 1.82) is 0 Å². The lowest BCUT2D eigenvalue weighted by atomic mass is 9.89. The average Bonchev–Trinajstić information content (AvgIpc) is 1.52. The minimum Gasteiger partial charge on any atom is -0.480 e. The number of carboxylic acid groups (broad SMARTS) is 1. The van der Waals surface area contributed by atoms with Crippen LogP contribution in [0.2, 0.25) is 0 Å². The number of alkyl carbamates (subject to hydrolysis) is 1. The molecule has 4 heterocycles. The Morgan fingerprint density at radius 3 is 1.31 bits per heavy atom. The van der Waals surface area contributed by atoms with Gasteiger partial charge in [0.05, 0.1) is 48.5 Å². The maximum Gasteiger partial charge on any atom is 0.419 e. The number of aliphatic carboxylic acids is 1. The Labute approximate surface area is 716 Å². The number of ether oxygens (including phenoxy) is 7. The number of nitrogens with one attached hydrogen (secondary N) is 4. The first-order valence-electron chi connectivity index (χ1n) is 40.7. The average molecular weight is 1720 g/mol. The van der Waals surface area contributed by atoms with Crippen molar-refractivity contribution >= 4 is 157 Å². The molecule has 636 valence electrons. The minimum absolute atomic E-state index is 0.0159. The molecule has 24 heteroatoms.